The molecule has 2 amide bonds. The summed E-state index contributed by atoms with van der Waals surface area (Å²) in [6.45, 7) is 0.887. The molecular weight excluding hydrogens is 361 g/mol. The van der Waals surface area contributed by atoms with Gasteiger partial charge in [0.15, 0.2) is 11.6 Å². The van der Waals surface area contributed by atoms with Crippen molar-refractivity contribution >= 4 is 40.6 Å². The fourth-order valence-corrected chi connectivity index (χ4v) is 2.33. The molecule has 2 aromatic rings. The summed E-state index contributed by atoms with van der Waals surface area (Å²) in [7, 11) is 0. The molecule has 5 nitrogen and oxygen atoms in total. The van der Waals surface area contributed by atoms with Crippen LogP contribution in [0.25, 0.3) is 0 Å². The van der Waals surface area contributed by atoms with Crippen molar-refractivity contribution in [1.29, 1.82) is 0 Å². The van der Waals surface area contributed by atoms with Gasteiger partial charge in [0.1, 0.15) is 0 Å². The van der Waals surface area contributed by atoms with Crippen LogP contribution in [0.2, 0.25) is 10.0 Å². The van der Waals surface area contributed by atoms with Crippen LogP contribution in [0.1, 0.15) is 6.42 Å². The average molecular weight is 375 g/mol. The summed E-state index contributed by atoms with van der Waals surface area (Å²) < 4.78 is 25.8. The number of nitrogens with one attached hydrogen (secondary N) is 3. The highest BCUT2D eigenvalue weighted by Crippen LogP contribution is 2.28. The first-order valence-corrected chi connectivity index (χ1v) is 7.75. The van der Waals surface area contributed by atoms with Crippen LogP contribution < -0.4 is 16.0 Å². The second kappa shape index (κ2) is 8.65. The van der Waals surface area contributed by atoms with Gasteiger partial charge in [0.25, 0.3) is 0 Å². The molecule has 0 atom stereocenters. The van der Waals surface area contributed by atoms with E-state index in [1.807, 2.05) is 0 Å². The lowest BCUT2D eigenvalue weighted by atomic mass is 10.3. The molecule has 1 heterocycles. The maximum atomic E-state index is 13.0. The third-order valence-electron chi connectivity index (χ3n) is 2.97. The average Bonchev–Trinajstić information content (AvgIpc) is 2.53. The van der Waals surface area contributed by atoms with Gasteiger partial charge in [-0.2, -0.15) is 0 Å². The molecule has 0 saturated carbocycles. The predicted octanol–water partition coefficient (Wildman–Crippen LogP) is 4.29. The summed E-state index contributed by atoms with van der Waals surface area (Å²) >= 11 is 11.9. The molecule has 0 aliphatic carbocycles. The Kier molecular flexibility index (Phi) is 6.57. The molecular formula is C15H14Cl2F2N4O. The summed E-state index contributed by atoms with van der Waals surface area (Å²) in [4.78, 5) is 15.5. The highest BCUT2D eigenvalue weighted by molar-refractivity contribution is 6.38. The molecule has 3 N–H and O–H groups in total. The van der Waals surface area contributed by atoms with Crippen LogP contribution in [-0.2, 0) is 0 Å². The standard InChI is InChI=1S/C15H14Cl2F2N4O/c16-10-7-20-8-11(17)14(10)21-4-1-5-22-15(24)23-9-2-3-12(18)13(19)6-9/h2-3,6-8H,1,4-5H2,(H,20,21)(H2,22,23,24). The van der Waals surface area contributed by atoms with Gasteiger partial charge < -0.3 is 16.0 Å². The maximum absolute atomic E-state index is 13.0. The lowest BCUT2D eigenvalue weighted by Gasteiger charge is -2.11. The second-order valence-electron chi connectivity index (χ2n) is 4.77. The number of pyridine rings is 1. The first kappa shape index (κ1) is 18.2. The van der Waals surface area contributed by atoms with E-state index in [4.69, 9.17) is 23.2 Å². The lowest BCUT2D eigenvalue weighted by molar-refractivity contribution is 0.252. The summed E-state index contributed by atoms with van der Waals surface area (Å²) in [5.41, 5.74) is 0.749. The molecule has 0 fully saturated rings. The first-order chi connectivity index (χ1) is 11.5. The Morgan fingerprint density at radius 3 is 2.46 bits per heavy atom. The van der Waals surface area contributed by atoms with Crippen LogP contribution in [0, 0.1) is 11.6 Å². The van der Waals surface area contributed by atoms with Crippen molar-refractivity contribution in [1.82, 2.24) is 10.3 Å². The number of amides is 2. The summed E-state index contributed by atoms with van der Waals surface area (Å²) in [6.07, 6.45) is 3.55. The fourth-order valence-electron chi connectivity index (χ4n) is 1.83. The number of hydrogen-bond donors (Lipinski definition) is 3. The molecule has 9 heteroatoms. The lowest BCUT2D eigenvalue weighted by Crippen LogP contribution is -2.30. The quantitative estimate of drug-likeness (QED) is 0.660. The Hall–Kier alpha value is -2.12. The molecule has 0 bridgehead atoms. The van der Waals surface area contributed by atoms with Gasteiger partial charge in [-0.05, 0) is 18.6 Å². The zero-order valence-corrected chi connectivity index (χ0v) is 13.9. The van der Waals surface area contributed by atoms with Crippen molar-refractivity contribution in [2.24, 2.45) is 0 Å². The molecule has 0 unspecified atom stereocenters. The van der Waals surface area contributed by atoms with Crippen molar-refractivity contribution in [3.8, 4) is 0 Å². The van der Waals surface area contributed by atoms with Crippen LogP contribution in [0.5, 0.6) is 0 Å². The molecule has 1 aromatic carbocycles. The molecule has 1 aromatic heterocycles. The minimum Gasteiger partial charge on any atom is -0.382 e. The number of nitrogens with zero attached hydrogens (tertiary/aromatic N) is 1. The Bertz CT molecular complexity index is 710. The van der Waals surface area contributed by atoms with Gasteiger partial charge >= 0.3 is 6.03 Å². The van der Waals surface area contributed by atoms with Crippen LogP contribution in [-0.4, -0.2) is 24.1 Å². The Labute approximate surface area is 147 Å². The van der Waals surface area contributed by atoms with E-state index in [1.165, 1.54) is 18.5 Å². The number of carbonyl (C=O) groups excluding carboxylic acids is 1. The third-order valence-corrected chi connectivity index (χ3v) is 3.54. The molecule has 128 valence electrons. The van der Waals surface area contributed by atoms with Gasteiger partial charge in [-0.15, -0.1) is 0 Å². The smallest absolute Gasteiger partial charge is 0.319 e. The van der Waals surface area contributed by atoms with E-state index in [0.717, 1.165) is 12.1 Å². The minimum atomic E-state index is -1.02. The monoisotopic (exact) mass is 374 g/mol. The second-order valence-corrected chi connectivity index (χ2v) is 5.58. The van der Waals surface area contributed by atoms with Crippen LogP contribution in [0.15, 0.2) is 30.6 Å². The van der Waals surface area contributed by atoms with Gasteiger partial charge in [-0.1, -0.05) is 23.2 Å². The molecule has 0 spiro atoms. The topological polar surface area (TPSA) is 66.0 Å². The SMILES string of the molecule is O=C(NCCCNc1c(Cl)cncc1Cl)Nc1ccc(F)c(F)c1. The zero-order valence-electron chi connectivity index (χ0n) is 12.4. The molecule has 0 aliphatic rings. The minimum absolute atomic E-state index is 0.167. The van der Waals surface area contributed by atoms with Crippen molar-refractivity contribution < 1.29 is 13.6 Å². The number of urea groups is 1. The molecule has 24 heavy (non-hydrogen) atoms. The maximum Gasteiger partial charge on any atom is 0.319 e. The highest BCUT2D eigenvalue weighted by Gasteiger charge is 2.07. The molecule has 0 saturated heterocycles. The van der Waals surface area contributed by atoms with Gasteiger partial charge in [0.05, 0.1) is 15.7 Å². The Balaban J connectivity index is 1.70. The van der Waals surface area contributed by atoms with E-state index in [-0.39, 0.29) is 5.69 Å². The van der Waals surface area contributed by atoms with Crippen molar-refractivity contribution in [3.05, 3.63) is 52.3 Å². The summed E-state index contributed by atoms with van der Waals surface area (Å²) in [5.74, 6) is -2.00. The van der Waals surface area contributed by atoms with E-state index in [0.29, 0.717) is 35.2 Å². The van der Waals surface area contributed by atoms with E-state index in [9.17, 15) is 13.6 Å². The number of carbonyl (C=O) groups is 1. The third kappa shape index (κ3) is 5.21. The number of benzene rings is 1. The van der Waals surface area contributed by atoms with Crippen molar-refractivity contribution in [2.75, 3.05) is 23.7 Å². The summed E-state index contributed by atoms with van der Waals surface area (Å²) in [5, 5.41) is 8.87. The normalized spacial score (nSPS) is 10.3. The number of anilines is 2. The van der Waals surface area contributed by atoms with Crippen molar-refractivity contribution in [2.45, 2.75) is 6.42 Å². The molecule has 0 radical (unpaired) electrons. The fraction of sp³-hybridized carbons (Fsp3) is 0.200. The van der Waals surface area contributed by atoms with Gasteiger partial charge in [0.2, 0.25) is 0 Å². The van der Waals surface area contributed by atoms with E-state index < -0.39 is 17.7 Å². The number of rotatable bonds is 6. The molecule has 0 aliphatic heterocycles. The van der Waals surface area contributed by atoms with E-state index in [2.05, 4.69) is 20.9 Å². The largest absolute Gasteiger partial charge is 0.382 e. The highest BCUT2D eigenvalue weighted by atomic mass is 35.5. The first-order valence-electron chi connectivity index (χ1n) is 7.00. The Morgan fingerprint density at radius 1 is 1.08 bits per heavy atom. The van der Waals surface area contributed by atoms with Gasteiger partial charge in [-0.25, -0.2) is 13.6 Å². The van der Waals surface area contributed by atoms with Crippen LogP contribution in [0.4, 0.5) is 25.0 Å². The van der Waals surface area contributed by atoms with Gasteiger partial charge in [0, 0.05) is 37.2 Å². The van der Waals surface area contributed by atoms with Crippen LogP contribution in [0.3, 0.4) is 0 Å². The number of aromatic nitrogens is 1. The Morgan fingerprint density at radius 2 is 1.79 bits per heavy atom. The number of hydrogen-bond acceptors (Lipinski definition) is 3. The van der Waals surface area contributed by atoms with E-state index in [1.54, 1.807) is 0 Å². The predicted molar refractivity (Wildman–Crippen MR) is 90.7 cm³/mol. The zero-order chi connectivity index (χ0) is 17.5. The van der Waals surface area contributed by atoms with Crippen LogP contribution >= 0.6 is 23.2 Å². The summed E-state index contributed by atoms with van der Waals surface area (Å²) in [6, 6.07) is 2.61. The molecule has 2 rings (SSSR count). The van der Waals surface area contributed by atoms with Crippen molar-refractivity contribution in [3.63, 3.8) is 0 Å². The van der Waals surface area contributed by atoms with E-state index >= 15 is 0 Å². The van der Waals surface area contributed by atoms with Gasteiger partial charge in [-0.3, -0.25) is 4.98 Å². The number of halogens is 4.